The highest BCUT2D eigenvalue weighted by molar-refractivity contribution is 9.09. The van der Waals surface area contributed by atoms with Crippen LogP contribution in [0.4, 0.5) is 0 Å². The molecular weight excluding hydrogens is 222 g/mol. The smallest absolute Gasteiger partial charge is 0.356 e. The van der Waals surface area contributed by atoms with E-state index in [0.29, 0.717) is 18.9 Å². The van der Waals surface area contributed by atoms with Crippen LogP contribution in [0.2, 0.25) is 0 Å². The van der Waals surface area contributed by atoms with Gasteiger partial charge in [-0.2, -0.15) is 0 Å². The summed E-state index contributed by atoms with van der Waals surface area (Å²) in [6.07, 6.45) is 2.84. The molecule has 1 saturated heterocycles. The second-order valence-corrected chi connectivity index (χ2v) is 3.96. The molecule has 0 bridgehead atoms. The summed E-state index contributed by atoms with van der Waals surface area (Å²) in [5, 5.41) is 0. The lowest BCUT2D eigenvalue weighted by atomic mass is 10.0. The zero-order valence-electron chi connectivity index (χ0n) is 6.42. The second kappa shape index (κ2) is 3.01. The first kappa shape index (κ1) is 7.98. The SMILES string of the molecule is O=C1OCCC2=CC(Br)CN=C12. The van der Waals surface area contributed by atoms with E-state index in [4.69, 9.17) is 4.74 Å². The molecule has 2 aliphatic heterocycles. The highest BCUT2D eigenvalue weighted by Crippen LogP contribution is 2.20. The molecule has 2 aliphatic rings. The minimum absolute atomic E-state index is 0.271. The zero-order valence-corrected chi connectivity index (χ0v) is 8.00. The van der Waals surface area contributed by atoms with E-state index in [0.717, 1.165) is 12.0 Å². The van der Waals surface area contributed by atoms with Gasteiger partial charge in [0.15, 0.2) is 0 Å². The van der Waals surface area contributed by atoms with Crippen LogP contribution < -0.4 is 0 Å². The lowest BCUT2D eigenvalue weighted by Crippen LogP contribution is -2.30. The first-order chi connectivity index (χ1) is 5.77. The van der Waals surface area contributed by atoms with Crippen LogP contribution in [-0.4, -0.2) is 29.7 Å². The summed E-state index contributed by atoms with van der Waals surface area (Å²) in [4.78, 5) is 15.5. The molecule has 0 aromatic rings. The largest absolute Gasteiger partial charge is 0.461 e. The van der Waals surface area contributed by atoms with Crippen molar-refractivity contribution in [3.63, 3.8) is 0 Å². The summed E-state index contributed by atoms with van der Waals surface area (Å²) in [5.41, 5.74) is 1.55. The fourth-order valence-corrected chi connectivity index (χ4v) is 1.81. The van der Waals surface area contributed by atoms with Crippen molar-refractivity contribution in [3.05, 3.63) is 11.6 Å². The predicted octanol–water partition coefficient (Wildman–Crippen LogP) is 1.08. The van der Waals surface area contributed by atoms with E-state index in [1.54, 1.807) is 0 Å². The van der Waals surface area contributed by atoms with Crippen LogP contribution in [0.25, 0.3) is 0 Å². The van der Waals surface area contributed by atoms with Crippen LogP contribution in [0.15, 0.2) is 16.6 Å². The number of fused-ring (bicyclic) bond motifs is 1. The molecule has 0 spiro atoms. The number of ether oxygens (including phenoxy) is 1. The molecule has 2 rings (SSSR count). The fourth-order valence-electron chi connectivity index (χ4n) is 1.35. The highest BCUT2D eigenvalue weighted by atomic mass is 79.9. The number of alkyl halides is 1. The van der Waals surface area contributed by atoms with E-state index in [9.17, 15) is 4.79 Å². The number of carbonyl (C=O) groups is 1. The van der Waals surface area contributed by atoms with Gasteiger partial charge in [-0.25, -0.2) is 4.79 Å². The van der Waals surface area contributed by atoms with Gasteiger partial charge in [-0.05, 0) is 5.57 Å². The van der Waals surface area contributed by atoms with Gasteiger partial charge < -0.3 is 4.74 Å². The van der Waals surface area contributed by atoms with Crippen LogP contribution in [-0.2, 0) is 9.53 Å². The minimum Gasteiger partial charge on any atom is -0.461 e. The molecule has 1 atom stereocenters. The predicted molar refractivity (Wildman–Crippen MR) is 48.7 cm³/mol. The monoisotopic (exact) mass is 229 g/mol. The van der Waals surface area contributed by atoms with Crippen molar-refractivity contribution in [2.24, 2.45) is 4.99 Å². The van der Waals surface area contributed by atoms with E-state index < -0.39 is 0 Å². The van der Waals surface area contributed by atoms with Gasteiger partial charge in [0.05, 0.1) is 18.0 Å². The Morgan fingerprint density at radius 1 is 1.67 bits per heavy atom. The van der Waals surface area contributed by atoms with Crippen LogP contribution in [0.1, 0.15) is 6.42 Å². The number of nitrogens with zero attached hydrogens (tertiary/aromatic N) is 1. The minimum atomic E-state index is -0.271. The summed E-state index contributed by atoms with van der Waals surface area (Å²) >= 11 is 3.43. The fraction of sp³-hybridized carbons (Fsp3) is 0.500. The third-order valence-corrected chi connectivity index (χ3v) is 2.46. The van der Waals surface area contributed by atoms with Gasteiger partial charge in [-0.15, -0.1) is 0 Å². The zero-order chi connectivity index (χ0) is 8.55. The Labute approximate surface area is 78.6 Å². The number of esters is 1. The number of rotatable bonds is 0. The number of hydrogen-bond acceptors (Lipinski definition) is 3. The van der Waals surface area contributed by atoms with Gasteiger partial charge in [-0.1, -0.05) is 22.0 Å². The maximum absolute atomic E-state index is 11.1. The van der Waals surface area contributed by atoms with Gasteiger partial charge in [0.2, 0.25) is 0 Å². The standard InChI is InChI=1S/C8H8BrNO2/c9-6-3-5-1-2-12-8(11)7(5)10-4-6/h3,6H,1-2,4H2. The molecular formula is C8H8BrNO2. The first-order valence-corrected chi connectivity index (χ1v) is 4.75. The molecule has 2 heterocycles. The van der Waals surface area contributed by atoms with E-state index in [1.165, 1.54) is 0 Å². The van der Waals surface area contributed by atoms with Gasteiger partial charge in [0, 0.05) is 6.42 Å². The van der Waals surface area contributed by atoms with Crippen molar-refractivity contribution in [2.45, 2.75) is 11.2 Å². The first-order valence-electron chi connectivity index (χ1n) is 3.84. The quantitative estimate of drug-likeness (QED) is 0.461. The third-order valence-electron chi connectivity index (χ3n) is 1.91. The summed E-state index contributed by atoms with van der Waals surface area (Å²) < 4.78 is 4.86. The molecule has 0 aromatic heterocycles. The molecule has 3 nitrogen and oxygen atoms in total. The molecule has 0 saturated carbocycles. The lowest BCUT2D eigenvalue weighted by molar-refractivity contribution is -0.136. The summed E-state index contributed by atoms with van der Waals surface area (Å²) in [6, 6.07) is 0. The van der Waals surface area contributed by atoms with Crippen molar-refractivity contribution in [3.8, 4) is 0 Å². The average molecular weight is 230 g/mol. The number of cyclic esters (lactones) is 1. The van der Waals surface area contributed by atoms with Crippen molar-refractivity contribution < 1.29 is 9.53 Å². The second-order valence-electron chi connectivity index (χ2n) is 2.78. The molecule has 64 valence electrons. The van der Waals surface area contributed by atoms with E-state index in [1.807, 2.05) is 6.08 Å². The van der Waals surface area contributed by atoms with Crippen LogP contribution >= 0.6 is 15.9 Å². The van der Waals surface area contributed by atoms with Gasteiger partial charge in [0.1, 0.15) is 5.71 Å². The summed E-state index contributed by atoms with van der Waals surface area (Å²) in [6.45, 7) is 1.12. The molecule has 0 radical (unpaired) electrons. The van der Waals surface area contributed by atoms with Crippen molar-refractivity contribution >= 4 is 27.6 Å². The third kappa shape index (κ3) is 1.31. The molecule has 0 N–H and O–H groups in total. The maximum atomic E-state index is 11.1. The molecule has 1 fully saturated rings. The van der Waals surface area contributed by atoms with Crippen molar-refractivity contribution in [2.75, 3.05) is 13.2 Å². The van der Waals surface area contributed by atoms with Crippen LogP contribution in [0, 0.1) is 0 Å². The number of aliphatic imine (C=N–C) groups is 1. The number of halogens is 1. The van der Waals surface area contributed by atoms with Crippen LogP contribution in [0.3, 0.4) is 0 Å². The number of dihydropyridines is 1. The Bertz CT molecular complexity index is 283. The Hall–Kier alpha value is -0.640. The summed E-state index contributed by atoms with van der Waals surface area (Å²) in [5.74, 6) is -0.271. The Balaban J connectivity index is 2.30. The lowest BCUT2D eigenvalue weighted by Gasteiger charge is -2.21. The highest BCUT2D eigenvalue weighted by Gasteiger charge is 2.26. The van der Waals surface area contributed by atoms with Gasteiger partial charge >= 0.3 is 5.97 Å². The maximum Gasteiger partial charge on any atom is 0.356 e. The van der Waals surface area contributed by atoms with E-state index >= 15 is 0 Å². The Morgan fingerprint density at radius 3 is 3.33 bits per heavy atom. The molecule has 12 heavy (non-hydrogen) atoms. The summed E-state index contributed by atoms with van der Waals surface area (Å²) in [7, 11) is 0. The molecule has 4 heteroatoms. The number of carbonyl (C=O) groups excluding carboxylic acids is 1. The Kier molecular flexibility index (Phi) is 2.00. The Morgan fingerprint density at radius 2 is 2.50 bits per heavy atom. The molecule has 0 aromatic carbocycles. The normalized spacial score (nSPS) is 28.4. The van der Waals surface area contributed by atoms with Crippen molar-refractivity contribution in [1.29, 1.82) is 0 Å². The topological polar surface area (TPSA) is 38.7 Å². The van der Waals surface area contributed by atoms with Gasteiger partial charge in [-0.3, -0.25) is 4.99 Å². The number of hydrogen-bond donors (Lipinski definition) is 0. The van der Waals surface area contributed by atoms with Gasteiger partial charge in [0.25, 0.3) is 0 Å². The average Bonchev–Trinajstić information content (AvgIpc) is 2.04. The van der Waals surface area contributed by atoms with E-state index in [-0.39, 0.29) is 10.8 Å². The van der Waals surface area contributed by atoms with Crippen molar-refractivity contribution in [1.82, 2.24) is 0 Å². The molecule has 0 aliphatic carbocycles. The van der Waals surface area contributed by atoms with E-state index in [2.05, 4.69) is 20.9 Å². The van der Waals surface area contributed by atoms with Crippen LogP contribution in [0.5, 0.6) is 0 Å². The molecule has 0 amide bonds. The molecule has 1 unspecified atom stereocenters.